The Morgan fingerprint density at radius 2 is 1.59 bits per heavy atom. The van der Waals surface area contributed by atoms with Crippen molar-refractivity contribution < 1.29 is 19.0 Å². The minimum Gasteiger partial charge on any atom is -0.493 e. The lowest BCUT2D eigenvalue weighted by Gasteiger charge is -2.15. The van der Waals surface area contributed by atoms with Crippen LogP contribution in [0.1, 0.15) is 19.4 Å². The van der Waals surface area contributed by atoms with E-state index >= 15 is 0 Å². The number of nitrogens with zero attached hydrogens (tertiary/aromatic N) is 3. The van der Waals surface area contributed by atoms with Gasteiger partial charge >= 0.3 is 5.69 Å². The van der Waals surface area contributed by atoms with Gasteiger partial charge in [-0.25, -0.2) is 4.79 Å². The van der Waals surface area contributed by atoms with Gasteiger partial charge in [0.1, 0.15) is 12.2 Å². The van der Waals surface area contributed by atoms with Crippen LogP contribution in [0.5, 0.6) is 17.2 Å². The Bertz CT molecular complexity index is 1230. The predicted octanol–water partition coefficient (Wildman–Crippen LogP) is 1.35. The molecule has 2 heterocycles. The van der Waals surface area contributed by atoms with Gasteiger partial charge < -0.3 is 24.1 Å². The third-order valence-corrected chi connectivity index (χ3v) is 5.29. The summed E-state index contributed by atoms with van der Waals surface area (Å²) in [5.74, 6) is 1.18. The van der Waals surface area contributed by atoms with E-state index in [1.54, 1.807) is 35.9 Å². The minimum absolute atomic E-state index is 0.0387. The quantitative estimate of drug-likeness (QED) is 0.534. The van der Waals surface area contributed by atoms with Gasteiger partial charge in [0, 0.05) is 25.8 Å². The fourth-order valence-electron chi connectivity index (χ4n) is 3.74. The van der Waals surface area contributed by atoms with E-state index in [1.807, 2.05) is 6.92 Å². The number of carbonyl (C=O) groups excluding carboxylic acids is 1. The van der Waals surface area contributed by atoms with Crippen molar-refractivity contribution in [1.29, 1.82) is 0 Å². The zero-order valence-corrected chi connectivity index (χ0v) is 18.9. The summed E-state index contributed by atoms with van der Waals surface area (Å²) in [6.07, 6.45) is 1.65. The van der Waals surface area contributed by atoms with E-state index in [-0.39, 0.29) is 36.8 Å². The SMILES string of the molecule is CCn1c(=O)c2ccn(CC(=O)NCc3cc(OC)c(OC)c(OC)c3)c2n(CC)c1=O. The zero-order chi connectivity index (χ0) is 23.4. The Balaban J connectivity index is 1.85. The van der Waals surface area contributed by atoms with Gasteiger partial charge in [0.2, 0.25) is 11.7 Å². The highest BCUT2D eigenvalue weighted by molar-refractivity contribution is 5.80. The first-order valence-corrected chi connectivity index (χ1v) is 10.3. The Labute approximate surface area is 184 Å². The maximum Gasteiger partial charge on any atom is 0.332 e. The lowest BCUT2D eigenvalue weighted by Crippen LogP contribution is -2.40. The van der Waals surface area contributed by atoms with Gasteiger partial charge in [0.15, 0.2) is 11.5 Å². The molecule has 3 aromatic rings. The molecule has 0 aliphatic rings. The lowest BCUT2D eigenvalue weighted by atomic mass is 10.1. The Kier molecular flexibility index (Phi) is 6.92. The molecule has 0 atom stereocenters. The van der Waals surface area contributed by atoms with E-state index in [2.05, 4.69) is 5.32 Å². The second kappa shape index (κ2) is 9.63. The van der Waals surface area contributed by atoms with Crippen LogP contribution in [0.4, 0.5) is 0 Å². The third kappa shape index (κ3) is 4.08. The smallest absolute Gasteiger partial charge is 0.332 e. The number of aromatic nitrogens is 3. The third-order valence-electron chi connectivity index (χ3n) is 5.29. The van der Waals surface area contributed by atoms with Crippen molar-refractivity contribution in [3.63, 3.8) is 0 Å². The van der Waals surface area contributed by atoms with Crippen molar-refractivity contribution in [2.75, 3.05) is 21.3 Å². The molecule has 3 rings (SSSR count). The highest BCUT2D eigenvalue weighted by Gasteiger charge is 2.17. The summed E-state index contributed by atoms with van der Waals surface area (Å²) in [7, 11) is 4.57. The standard InChI is InChI=1S/C22H28N4O6/c1-6-25-20-15(21(28)26(7-2)22(25)29)8-9-24(20)13-18(27)23-12-14-10-16(30-3)19(32-5)17(11-14)31-4/h8-11H,6-7,12-13H2,1-5H3,(H,23,27). The Hall–Kier alpha value is -3.69. The van der Waals surface area contributed by atoms with Gasteiger partial charge in [-0.1, -0.05) is 0 Å². The number of aryl methyl sites for hydroxylation is 1. The first-order chi connectivity index (χ1) is 15.4. The first kappa shape index (κ1) is 23.0. The van der Waals surface area contributed by atoms with Gasteiger partial charge in [-0.15, -0.1) is 0 Å². The lowest BCUT2D eigenvalue weighted by molar-refractivity contribution is -0.121. The summed E-state index contributed by atoms with van der Waals surface area (Å²) in [4.78, 5) is 38.0. The summed E-state index contributed by atoms with van der Waals surface area (Å²) in [5.41, 5.74) is 0.468. The zero-order valence-electron chi connectivity index (χ0n) is 18.9. The topological polar surface area (TPSA) is 106 Å². The number of fused-ring (bicyclic) bond motifs is 1. The molecule has 0 spiro atoms. The van der Waals surface area contributed by atoms with Crippen LogP contribution in [0, 0.1) is 0 Å². The molecule has 0 aliphatic carbocycles. The number of nitrogens with one attached hydrogen (secondary N) is 1. The van der Waals surface area contributed by atoms with Crippen LogP contribution in [0.15, 0.2) is 34.0 Å². The average Bonchev–Trinajstić information content (AvgIpc) is 3.21. The molecule has 172 valence electrons. The van der Waals surface area contributed by atoms with E-state index in [0.717, 1.165) is 5.56 Å². The van der Waals surface area contributed by atoms with E-state index in [9.17, 15) is 14.4 Å². The van der Waals surface area contributed by atoms with Gasteiger partial charge in [0.05, 0.1) is 26.7 Å². The van der Waals surface area contributed by atoms with Crippen LogP contribution in [0.3, 0.4) is 0 Å². The number of methoxy groups -OCH3 is 3. The van der Waals surface area contributed by atoms with E-state index in [1.165, 1.54) is 30.5 Å². The second-order valence-electron chi connectivity index (χ2n) is 7.07. The number of amides is 1. The van der Waals surface area contributed by atoms with Gasteiger partial charge in [-0.05, 0) is 37.6 Å². The molecule has 0 saturated heterocycles. The summed E-state index contributed by atoms with van der Waals surface area (Å²) < 4.78 is 20.3. The normalized spacial score (nSPS) is 10.9. The van der Waals surface area contributed by atoms with Gasteiger partial charge in [0.25, 0.3) is 5.56 Å². The van der Waals surface area contributed by atoms with Crippen molar-refractivity contribution in [3.05, 3.63) is 50.8 Å². The van der Waals surface area contributed by atoms with Crippen LogP contribution in [0.25, 0.3) is 11.0 Å². The predicted molar refractivity (Wildman–Crippen MR) is 120 cm³/mol. The number of rotatable bonds is 9. The molecule has 0 aliphatic heterocycles. The highest BCUT2D eigenvalue weighted by atomic mass is 16.5. The molecule has 0 fully saturated rings. The van der Waals surface area contributed by atoms with E-state index in [0.29, 0.717) is 34.8 Å². The molecule has 1 N–H and O–H groups in total. The van der Waals surface area contributed by atoms with Crippen molar-refractivity contribution in [1.82, 2.24) is 19.0 Å². The summed E-state index contributed by atoms with van der Waals surface area (Å²) in [6.45, 7) is 4.44. The Morgan fingerprint density at radius 3 is 2.12 bits per heavy atom. The van der Waals surface area contributed by atoms with Crippen molar-refractivity contribution in [2.45, 2.75) is 40.0 Å². The summed E-state index contributed by atoms with van der Waals surface area (Å²) in [6, 6.07) is 5.16. The molecular weight excluding hydrogens is 416 g/mol. The van der Waals surface area contributed by atoms with Crippen LogP contribution >= 0.6 is 0 Å². The molecule has 0 saturated carbocycles. The molecule has 0 radical (unpaired) electrons. The number of hydrogen-bond acceptors (Lipinski definition) is 6. The fraction of sp³-hybridized carbons (Fsp3) is 0.409. The van der Waals surface area contributed by atoms with Crippen molar-refractivity contribution in [2.24, 2.45) is 0 Å². The average molecular weight is 444 g/mol. The van der Waals surface area contributed by atoms with Gasteiger partial charge in [-0.3, -0.25) is 18.7 Å². The van der Waals surface area contributed by atoms with Gasteiger partial charge in [-0.2, -0.15) is 0 Å². The second-order valence-corrected chi connectivity index (χ2v) is 7.07. The largest absolute Gasteiger partial charge is 0.493 e. The molecule has 10 nitrogen and oxygen atoms in total. The van der Waals surface area contributed by atoms with Crippen LogP contribution in [0.2, 0.25) is 0 Å². The minimum atomic E-state index is -0.384. The summed E-state index contributed by atoms with van der Waals surface area (Å²) in [5, 5.41) is 3.26. The monoisotopic (exact) mass is 444 g/mol. The molecule has 1 amide bonds. The Morgan fingerprint density at radius 1 is 0.969 bits per heavy atom. The van der Waals surface area contributed by atoms with Crippen LogP contribution in [-0.2, 0) is 31.0 Å². The number of ether oxygens (including phenoxy) is 3. The van der Waals surface area contributed by atoms with E-state index in [4.69, 9.17) is 14.2 Å². The van der Waals surface area contributed by atoms with E-state index < -0.39 is 0 Å². The molecule has 2 aromatic heterocycles. The highest BCUT2D eigenvalue weighted by Crippen LogP contribution is 2.38. The number of carbonyl (C=O) groups is 1. The molecule has 10 heteroatoms. The molecule has 0 bridgehead atoms. The fourth-order valence-corrected chi connectivity index (χ4v) is 3.74. The molecule has 0 unspecified atom stereocenters. The molecular formula is C22H28N4O6. The number of hydrogen-bond donors (Lipinski definition) is 1. The maximum atomic E-state index is 12.7. The first-order valence-electron chi connectivity index (χ1n) is 10.3. The summed E-state index contributed by atoms with van der Waals surface area (Å²) >= 11 is 0. The maximum absolute atomic E-state index is 12.7. The van der Waals surface area contributed by atoms with Crippen LogP contribution in [-0.4, -0.2) is 40.9 Å². The number of benzene rings is 1. The molecule has 1 aromatic carbocycles. The van der Waals surface area contributed by atoms with Crippen molar-refractivity contribution in [3.8, 4) is 17.2 Å². The van der Waals surface area contributed by atoms with Crippen molar-refractivity contribution >= 4 is 16.9 Å². The molecule has 32 heavy (non-hydrogen) atoms. The van der Waals surface area contributed by atoms with Crippen LogP contribution < -0.4 is 30.8 Å².